The number of likely N-dealkylation sites (tertiary alicyclic amines) is 1. The van der Waals surface area contributed by atoms with Crippen molar-refractivity contribution in [1.29, 1.82) is 0 Å². The van der Waals surface area contributed by atoms with Crippen LogP contribution < -0.4 is 0 Å². The van der Waals surface area contributed by atoms with Crippen molar-refractivity contribution in [3.05, 3.63) is 52.1 Å². The van der Waals surface area contributed by atoms with Gasteiger partial charge in [-0.3, -0.25) is 29.4 Å². The predicted octanol–water partition coefficient (Wildman–Crippen LogP) is 2.15. The standard InChI is InChI=1S/C22H22N2O7/c1-11(2)19(23-20(26)17-13-6-7-14(8-13)18(17)21(23)27)22(28)31-10-16(25)12-4-3-5-15(9-12)24(29)30/h3-7,9,11,13-14,17-19H,8,10H2,1-2H3. The third-order valence-corrected chi connectivity index (χ3v) is 6.38. The number of imide groups is 1. The Kier molecular flexibility index (Phi) is 5.20. The van der Waals surface area contributed by atoms with E-state index in [1.54, 1.807) is 13.8 Å². The number of Topliss-reactive ketones (excluding diaryl/α,β-unsaturated/α-hetero) is 1. The molecule has 0 radical (unpaired) electrons. The van der Waals surface area contributed by atoms with Crippen molar-refractivity contribution < 1.29 is 28.8 Å². The summed E-state index contributed by atoms with van der Waals surface area (Å²) in [6.45, 7) is 2.77. The molecule has 1 heterocycles. The Bertz CT molecular complexity index is 985. The number of ketones is 1. The fourth-order valence-electron chi connectivity index (χ4n) is 4.97. The third-order valence-electron chi connectivity index (χ3n) is 6.38. The molecule has 4 rings (SSSR count). The van der Waals surface area contributed by atoms with Gasteiger partial charge in [0.15, 0.2) is 6.61 Å². The van der Waals surface area contributed by atoms with E-state index in [0.29, 0.717) is 0 Å². The van der Waals surface area contributed by atoms with E-state index in [4.69, 9.17) is 4.74 Å². The Balaban J connectivity index is 1.47. The van der Waals surface area contributed by atoms with Crippen molar-refractivity contribution in [2.24, 2.45) is 29.6 Å². The van der Waals surface area contributed by atoms with Gasteiger partial charge in [0.25, 0.3) is 5.69 Å². The molecule has 1 saturated carbocycles. The molecule has 9 heteroatoms. The number of amides is 2. The summed E-state index contributed by atoms with van der Waals surface area (Å²) in [6, 6.07) is 3.99. The van der Waals surface area contributed by atoms with Crippen molar-refractivity contribution >= 4 is 29.3 Å². The number of carbonyl (C=O) groups excluding carboxylic acids is 4. The molecule has 1 aromatic carbocycles. The summed E-state index contributed by atoms with van der Waals surface area (Å²) in [5.74, 6) is -3.37. The predicted molar refractivity (Wildman–Crippen MR) is 107 cm³/mol. The largest absolute Gasteiger partial charge is 0.456 e. The van der Waals surface area contributed by atoms with E-state index in [1.807, 2.05) is 12.2 Å². The fourth-order valence-corrected chi connectivity index (χ4v) is 4.97. The van der Waals surface area contributed by atoms with Crippen molar-refractivity contribution in [3.8, 4) is 0 Å². The average Bonchev–Trinajstić information content (AvgIpc) is 3.42. The summed E-state index contributed by atoms with van der Waals surface area (Å²) in [6.07, 6.45) is 4.73. The van der Waals surface area contributed by atoms with Gasteiger partial charge in [0.05, 0.1) is 16.8 Å². The summed E-state index contributed by atoms with van der Waals surface area (Å²) in [7, 11) is 0. The maximum atomic E-state index is 13.0. The fraction of sp³-hybridized carbons (Fsp3) is 0.455. The number of non-ortho nitro benzene ring substituents is 1. The highest BCUT2D eigenvalue weighted by Gasteiger charge is 2.61. The van der Waals surface area contributed by atoms with Gasteiger partial charge in [-0.15, -0.1) is 0 Å². The lowest BCUT2D eigenvalue weighted by atomic mass is 9.85. The monoisotopic (exact) mass is 426 g/mol. The number of allylic oxidation sites excluding steroid dienone is 2. The summed E-state index contributed by atoms with van der Waals surface area (Å²) in [5.41, 5.74) is -0.214. The molecule has 2 aliphatic carbocycles. The first-order valence-corrected chi connectivity index (χ1v) is 10.2. The van der Waals surface area contributed by atoms with Gasteiger partial charge in [-0.1, -0.05) is 38.1 Å². The minimum atomic E-state index is -1.12. The highest BCUT2D eigenvalue weighted by Crippen LogP contribution is 2.53. The molecule has 162 valence electrons. The lowest BCUT2D eigenvalue weighted by Gasteiger charge is -2.28. The first-order chi connectivity index (χ1) is 14.7. The minimum absolute atomic E-state index is 0.0238. The lowest BCUT2D eigenvalue weighted by Crippen LogP contribution is -2.50. The van der Waals surface area contributed by atoms with Crippen molar-refractivity contribution in [2.45, 2.75) is 26.3 Å². The van der Waals surface area contributed by atoms with Crippen LogP contribution in [0.3, 0.4) is 0 Å². The lowest BCUT2D eigenvalue weighted by molar-refractivity contribution is -0.384. The molecule has 31 heavy (non-hydrogen) atoms. The molecule has 0 spiro atoms. The van der Waals surface area contributed by atoms with E-state index >= 15 is 0 Å². The van der Waals surface area contributed by atoms with Crippen LogP contribution in [0.4, 0.5) is 5.69 Å². The van der Waals surface area contributed by atoms with E-state index in [0.717, 1.165) is 17.4 Å². The topological polar surface area (TPSA) is 124 Å². The zero-order chi connectivity index (χ0) is 22.4. The number of nitro benzene ring substituents is 1. The van der Waals surface area contributed by atoms with Crippen molar-refractivity contribution in [2.75, 3.05) is 6.61 Å². The van der Waals surface area contributed by atoms with Crippen LogP contribution in [-0.2, 0) is 19.1 Å². The molecule has 5 unspecified atom stereocenters. The van der Waals surface area contributed by atoms with Crippen LogP contribution in [0.25, 0.3) is 0 Å². The highest BCUT2D eigenvalue weighted by atomic mass is 16.6. The zero-order valence-electron chi connectivity index (χ0n) is 17.1. The molecule has 0 N–H and O–H groups in total. The summed E-state index contributed by atoms with van der Waals surface area (Å²) in [5, 5.41) is 10.9. The number of hydrogen-bond donors (Lipinski definition) is 0. The number of nitro groups is 1. The van der Waals surface area contributed by atoms with Crippen LogP contribution in [0.2, 0.25) is 0 Å². The molecule has 1 aliphatic heterocycles. The smallest absolute Gasteiger partial charge is 0.330 e. The molecule has 5 atom stereocenters. The second-order valence-electron chi connectivity index (χ2n) is 8.57. The van der Waals surface area contributed by atoms with Gasteiger partial charge in [0.1, 0.15) is 6.04 Å². The van der Waals surface area contributed by atoms with Crippen LogP contribution in [0.1, 0.15) is 30.6 Å². The van der Waals surface area contributed by atoms with Gasteiger partial charge in [0.2, 0.25) is 17.6 Å². The number of ether oxygens (including phenoxy) is 1. The number of hydrogen-bond acceptors (Lipinski definition) is 7. The molecule has 0 aromatic heterocycles. The summed E-state index contributed by atoms with van der Waals surface area (Å²) >= 11 is 0. The van der Waals surface area contributed by atoms with E-state index in [-0.39, 0.29) is 34.9 Å². The maximum absolute atomic E-state index is 13.0. The molecular formula is C22H22N2O7. The molecule has 2 fully saturated rings. The molecule has 2 bridgehead atoms. The maximum Gasteiger partial charge on any atom is 0.330 e. The average molecular weight is 426 g/mol. The number of carbonyl (C=O) groups is 4. The number of fused-ring (bicyclic) bond motifs is 5. The highest BCUT2D eigenvalue weighted by molar-refractivity contribution is 6.09. The Labute approximate surface area is 178 Å². The number of esters is 1. The van der Waals surface area contributed by atoms with Gasteiger partial charge in [-0.25, -0.2) is 4.79 Å². The van der Waals surface area contributed by atoms with Crippen LogP contribution in [0, 0.1) is 39.7 Å². The van der Waals surface area contributed by atoms with E-state index in [2.05, 4.69) is 0 Å². The van der Waals surface area contributed by atoms with Gasteiger partial charge < -0.3 is 4.74 Å². The van der Waals surface area contributed by atoms with Gasteiger partial charge >= 0.3 is 5.97 Å². The first-order valence-electron chi connectivity index (χ1n) is 10.2. The first kappa shape index (κ1) is 20.9. The van der Waals surface area contributed by atoms with Crippen molar-refractivity contribution in [3.63, 3.8) is 0 Å². The van der Waals surface area contributed by atoms with Gasteiger partial charge in [0, 0.05) is 17.7 Å². The van der Waals surface area contributed by atoms with Crippen LogP contribution >= 0.6 is 0 Å². The van der Waals surface area contributed by atoms with Crippen LogP contribution in [-0.4, -0.2) is 46.0 Å². The van der Waals surface area contributed by atoms with E-state index < -0.39 is 47.1 Å². The molecule has 9 nitrogen and oxygen atoms in total. The second kappa shape index (κ2) is 7.72. The minimum Gasteiger partial charge on any atom is -0.456 e. The van der Waals surface area contributed by atoms with Crippen molar-refractivity contribution in [1.82, 2.24) is 4.90 Å². The van der Waals surface area contributed by atoms with E-state index in [9.17, 15) is 29.3 Å². The summed E-state index contributed by atoms with van der Waals surface area (Å²) in [4.78, 5) is 62.5. The van der Waals surface area contributed by atoms with Gasteiger partial charge in [-0.2, -0.15) is 0 Å². The molecule has 3 aliphatic rings. The Morgan fingerprint density at radius 1 is 1.16 bits per heavy atom. The second-order valence-corrected chi connectivity index (χ2v) is 8.57. The number of rotatable bonds is 7. The van der Waals surface area contributed by atoms with E-state index in [1.165, 1.54) is 18.2 Å². The third kappa shape index (κ3) is 3.43. The molecule has 1 aromatic rings. The molecule has 1 saturated heterocycles. The molecule has 2 amide bonds. The van der Waals surface area contributed by atoms with Crippen LogP contribution in [0.15, 0.2) is 36.4 Å². The number of nitrogens with zero attached hydrogens (tertiary/aromatic N) is 2. The molecular weight excluding hydrogens is 404 g/mol. The number of benzene rings is 1. The quantitative estimate of drug-likeness (QED) is 0.163. The Hall–Kier alpha value is -3.36. The van der Waals surface area contributed by atoms with Gasteiger partial charge in [-0.05, 0) is 24.2 Å². The van der Waals surface area contributed by atoms with Crippen LogP contribution in [0.5, 0.6) is 0 Å². The Morgan fingerprint density at radius 2 is 1.77 bits per heavy atom. The summed E-state index contributed by atoms with van der Waals surface area (Å²) < 4.78 is 5.16. The Morgan fingerprint density at radius 3 is 2.32 bits per heavy atom. The zero-order valence-corrected chi connectivity index (χ0v) is 17.1. The normalized spacial score (nSPS) is 27.0. The SMILES string of the molecule is CC(C)C(C(=O)OCC(=O)c1cccc([N+](=O)[O-])c1)N1C(=O)C2C3C=CC(C3)C2C1=O.